The van der Waals surface area contributed by atoms with E-state index in [1.807, 2.05) is 72.8 Å². The Kier molecular flexibility index (Phi) is 33.9. The molecule has 0 bridgehead atoms. The quantitative estimate of drug-likeness (QED) is 0.0205. The molecule has 4 unspecified atom stereocenters. The molecule has 6 aliphatic carbocycles. The number of Topliss-reactive ketones (excluding diaryl/α,β-unsaturated/α-hetero) is 3. The summed E-state index contributed by atoms with van der Waals surface area (Å²) in [6.07, 6.45) is 16.3. The zero-order valence-electron chi connectivity index (χ0n) is 82.2. The van der Waals surface area contributed by atoms with Gasteiger partial charge in [0.1, 0.15) is 37.2 Å². The molecule has 0 saturated heterocycles. The van der Waals surface area contributed by atoms with Gasteiger partial charge in [-0.05, 0) is 182 Å². The first-order valence-corrected chi connectivity index (χ1v) is 48.6. The van der Waals surface area contributed by atoms with Gasteiger partial charge in [-0.15, -0.1) is 19.7 Å². The van der Waals surface area contributed by atoms with E-state index in [2.05, 4.69) is 300 Å². The van der Waals surface area contributed by atoms with Crippen LogP contribution in [-0.4, -0.2) is 97.2 Å². The molecule has 0 amide bonds. The minimum atomic E-state index is -0.825. The van der Waals surface area contributed by atoms with Gasteiger partial charge in [0, 0.05) is 110 Å². The van der Waals surface area contributed by atoms with E-state index in [1.165, 1.54) is 16.7 Å². The Bertz CT molecular complexity index is 4790. The van der Waals surface area contributed by atoms with Crippen LogP contribution in [0.3, 0.4) is 0 Å². The number of hydrogen-bond acceptors (Lipinski definition) is 12. The summed E-state index contributed by atoms with van der Waals surface area (Å²) in [5.41, 5.74) is 13.6. The number of hydrogen-bond donors (Lipinski definition) is 0. The molecule has 708 valence electrons. The summed E-state index contributed by atoms with van der Waals surface area (Å²) in [4.78, 5) is 39.9. The summed E-state index contributed by atoms with van der Waals surface area (Å²) in [5.74, 6) is 1.95. The van der Waals surface area contributed by atoms with E-state index in [4.69, 9.17) is 62.4 Å². The van der Waals surface area contributed by atoms with Crippen molar-refractivity contribution in [2.45, 2.75) is 194 Å². The standard InChI is InChI=1S/3C41H48O4/c3*1-7-39(5,38(44-29-43-6)32(4)40-25-23-30(2)31(3)37(40)36(42)24-26-40)27-28-45-41(33-17-11-8-12-18-33,34-19-13-9-14-20-34)35-21-15-10-16-22-35/h3*7-22,30,38H,1,4,23-29H2,2-3,5-6H3/t30-,38+,39+,40+;30-,38+,39-,40+;/m11./s1. The maximum atomic E-state index is 13.3. The minimum Gasteiger partial charge on any atom is -0.361 e. The Balaban J connectivity index is 0.000000171. The molecule has 0 aromatic heterocycles. The maximum absolute atomic E-state index is 13.3. The molecule has 0 radical (unpaired) electrons. The van der Waals surface area contributed by atoms with Crippen molar-refractivity contribution >= 4 is 17.3 Å². The van der Waals surface area contributed by atoms with Gasteiger partial charge in [0.05, 0.1) is 18.3 Å². The van der Waals surface area contributed by atoms with E-state index in [-0.39, 0.29) is 54.0 Å². The van der Waals surface area contributed by atoms with Gasteiger partial charge in [-0.3, -0.25) is 14.4 Å². The third-order valence-corrected chi connectivity index (χ3v) is 31.6. The van der Waals surface area contributed by atoms with Crippen molar-refractivity contribution in [1.82, 2.24) is 0 Å². The number of carbonyl (C=O) groups is 3. The zero-order valence-corrected chi connectivity index (χ0v) is 82.2. The van der Waals surface area contributed by atoms with Gasteiger partial charge in [0.15, 0.2) is 17.3 Å². The van der Waals surface area contributed by atoms with Crippen molar-refractivity contribution < 1.29 is 57.0 Å². The molecule has 9 aromatic rings. The molecule has 0 spiro atoms. The summed E-state index contributed by atoms with van der Waals surface area (Å²) in [6.45, 7) is 48.3. The second-order valence-corrected chi connectivity index (χ2v) is 39.2. The van der Waals surface area contributed by atoms with Crippen LogP contribution in [0.5, 0.6) is 0 Å². The average Bonchev–Trinajstić information content (AvgIpc) is 1.58. The fraction of sp³-hybridized carbons (Fsp3) is 0.390. The SMILES string of the molecule is C=CC(C)(CCOC(c1ccccc1)(c1ccccc1)c1ccccc1)C(OCOC)C(=C)C12CCC(=O)C1=C(C)C(C)CC2.C=C[C@@](C)(CCOC(c1ccccc1)(c1ccccc1)c1ccccc1)[C@@H](OCOC)C(=C)[C@]12CCC(=O)C1=C(C)[C@H](C)CC2.C=C[C@](C)(CCOC(c1ccccc1)(c1ccccc1)c1ccccc1)[C@@H](OCOC)C(=C)[C@]12CCC(=O)C1=C(C)[C@H](C)CC2. The molecule has 0 aliphatic heterocycles. The van der Waals surface area contributed by atoms with E-state index in [1.54, 1.807) is 21.3 Å². The molecule has 15 rings (SSSR count). The van der Waals surface area contributed by atoms with Crippen LogP contribution in [0, 0.1) is 50.2 Å². The molecule has 0 heterocycles. The van der Waals surface area contributed by atoms with Crippen molar-refractivity contribution in [2.75, 3.05) is 61.5 Å². The van der Waals surface area contributed by atoms with Crippen LogP contribution in [0.1, 0.15) is 209 Å². The molecule has 3 fully saturated rings. The lowest BCUT2D eigenvalue weighted by Gasteiger charge is -2.46. The highest BCUT2D eigenvalue weighted by molar-refractivity contribution is 6.02. The molecule has 6 aliphatic rings. The van der Waals surface area contributed by atoms with Crippen LogP contribution in [0.15, 0.2) is 381 Å². The summed E-state index contributed by atoms with van der Waals surface area (Å²) in [6, 6.07) is 93.8. The topological polar surface area (TPSA) is 134 Å². The highest BCUT2D eigenvalue weighted by atomic mass is 16.7. The fourth-order valence-corrected chi connectivity index (χ4v) is 23.1. The molecular weight excluding hydrogens is 1670 g/mol. The van der Waals surface area contributed by atoms with Crippen LogP contribution >= 0.6 is 0 Å². The summed E-state index contributed by atoms with van der Waals surface area (Å²) in [5, 5.41) is 0. The molecule has 12 atom stereocenters. The molecule has 9 aromatic carbocycles. The number of benzene rings is 9. The van der Waals surface area contributed by atoms with Crippen LogP contribution in [-0.2, 0) is 73.8 Å². The summed E-state index contributed by atoms with van der Waals surface area (Å²) < 4.78 is 57.4. The molecule has 12 nitrogen and oxygen atoms in total. The second-order valence-electron chi connectivity index (χ2n) is 39.2. The monoisotopic (exact) mass is 1810 g/mol. The van der Waals surface area contributed by atoms with Gasteiger partial charge in [-0.1, -0.05) is 369 Å². The third kappa shape index (κ3) is 20.4. The molecular formula is C123H144O12. The lowest BCUT2D eigenvalue weighted by Crippen LogP contribution is -2.43. The predicted molar refractivity (Wildman–Crippen MR) is 545 cm³/mol. The van der Waals surface area contributed by atoms with Gasteiger partial charge >= 0.3 is 0 Å². The number of ketones is 3. The third-order valence-electron chi connectivity index (χ3n) is 31.6. The average molecular weight is 1810 g/mol. The Morgan fingerprint density at radius 2 is 0.496 bits per heavy atom. The largest absolute Gasteiger partial charge is 0.361 e. The van der Waals surface area contributed by atoms with Crippen LogP contribution < -0.4 is 0 Å². The van der Waals surface area contributed by atoms with Crippen molar-refractivity contribution in [3.8, 4) is 0 Å². The summed E-state index contributed by atoms with van der Waals surface area (Å²) in [7, 11) is 4.91. The molecule has 135 heavy (non-hydrogen) atoms. The first-order valence-electron chi connectivity index (χ1n) is 48.6. The Morgan fingerprint density at radius 1 is 0.319 bits per heavy atom. The number of ether oxygens (including phenoxy) is 9. The number of methoxy groups -OCH3 is 3. The molecule has 12 heteroatoms. The van der Waals surface area contributed by atoms with Crippen molar-refractivity contribution in [1.29, 1.82) is 0 Å². The lowest BCUT2D eigenvalue weighted by molar-refractivity contribution is -0.115. The fourth-order valence-electron chi connectivity index (χ4n) is 23.1. The number of carbonyl (C=O) groups excluding carboxylic acids is 3. The Morgan fingerprint density at radius 3 is 0.659 bits per heavy atom. The van der Waals surface area contributed by atoms with E-state index >= 15 is 0 Å². The van der Waals surface area contributed by atoms with E-state index in [9.17, 15) is 14.4 Å². The minimum absolute atomic E-state index is 0.119. The van der Waals surface area contributed by atoms with Gasteiger partial charge < -0.3 is 42.6 Å². The van der Waals surface area contributed by atoms with E-state index in [0.717, 1.165) is 141 Å². The second kappa shape index (κ2) is 45.1. The number of allylic oxidation sites excluding steroid dienone is 6. The van der Waals surface area contributed by atoms with E-state index in [0.29, 0.717) is 76.1 Å². The zero-order chi connectivity index (χ0) is 96.2. The van der Waals surface area contributed by atoms with Gasteiger partial charge in [-0.2, -0.15) is 0 Å². The van der Waals surface area contributed by atoms with Crippen LogP contribution in [0.2, 0.25) is 0 Å². The van der Waals surface area contributed by atoms with Crippen molar-refractivity contribution in [2.24, 2.45) is 50.2 Å². The summed E-state index contributed by atoms with van der Waals surface area (Å²) >= 11 is 0. The number of rotatable bonds is 42. The normalized spacial score (nSPS) is 22.0. The molecule has 0 N–H and O–H groups in total. The smallest absolute Gasteiger partial charge is 0.159 e. The van der Waals surface area contributed by atoms with Crippen LogP contribution in [0.4, 0.5) is 0 Å². The van der Waals surface area contributed by atoms with Crippen LogP contribution in [0.25, 0.3) is 0 Å². The lowest BCUT2D eigenvalue weighted by atomic mass is 9.61. The number of fused-ring (bicyclic) bond motifs is 3. The maximum Gasteiger partial charge on any atom is 0.159 e. The van der Waals surface area contributed by atoms with Crippen molar-refractivity contribution in [3.63, 3.8) is 0 Å². The van der Waals surface area contributed by atoms with Crippen molar-refractivity contribution in [3.05, 3.63) is 431 Å². The first-order chi connectivity index (χ1) is 65.2. The predicted octanol–water partition coefficient (Wildman–Crippen LogP) is 27.7. The highest BCUT2D eigenvalue weighted by Gasteiger charge is 2.57. The Hall–Kier alpha value is -10.7. The Labute approximate surface area is 805 Å². The molecule has 3 saturated carbocycles. The van der Waals surface area contributed by atoms with Gasteiger partial charge in [0.2, 0.25) is 0 Å². The van der Waals surface area contributed by atoms with Gasteiger partial charge in [-0.25, -0.2) is 0 Å². The van der Waals surface area contributed by atoms with Gasteiger partial charge in [0.25, 0.3) is 0 Å². The highest BCUT2D eigenvalue weighted by Crippen LogP contribution is 2.62. The van der Waals surface area contributed by atoms with E-state index < -0.39 is 51.4 Å². The first kappa shape index (κ1) is 102.